The zero-order valence-electron chi connectivity index (χ0n) is 7.55. The molecule has 0 bridgehead atoms. The first-order valence-electron chi connectivity index (χ1n) is 4.36. The second kappa shape index (κ2) is 3.83. The van der Waals surface area contributed by atoms with E-state index in [4.69, 9.17) is 4.42 Å². The highest BCUT2D eigenvalue weighted by Crippen LogP contribution is 2.15. The molecule has 2 aromatic rings. The van der Waals surface area contributed by atoms with E-state index >= 15 is 0 Å². The van der Waals surface area contributed by atoms with Crippen LogP contribution in [0.5, 0.6) is 0 Å². The summed E-state index contributed by atoms with van der Waals surface area (Å²) in [5.41, 5.74) is 0.946. The minimum absolute atomic E-state index is 0.140. The molecule has 14 heavy (non-hydrogen) atoms. The highest BCUT2D eigenvalue weighted by molar-refractivity contribution is 5.73. The number of furan rings is 1. The van der Waals surface area contributed by atoms with Crippen molar-refractivity contribution in [3.8, 4) is 0 Å². The van der Waals surface area contributed by atoms with E-state index in [0.717, 1.165) is 5.56 Å². The lowest BCUT2D eigenvalue weighted by molar-refractivity contribution is 0.462. The van der Waals surface area contributed by atoms with Gasteiger partial charge in [-0.1, -0.05) is 30.3 Å². The number of aliphatic hydroxyl groups is 1. The van der Waals surface area contributed by atoms with Gasteiger partial charge in [-0.3, -0.25) is 0 Å². The minimum atomic E-state index is 0.140. The van der Waals surface area contributed by atoms with Gasteiger partial charge < -0.3 is 9.52 Å². The van der Waals surface area contributed by atoms with Gasteiger partial charge in [0, 0.05) is 0 Å². The number of benzene rings is 1. The Morgan fingerprint density at radius 3 is 2.50 bits per heavy atom. The van der Waals surface area contributed by atoms with Crippen molar-refractivity contribution in [3.05, 3.63) is 60.1 Å². The van der Waals surface area contributed by atoms with Crippen LogP contribution in [0.2, 0.25) is 0 Å². The van der Waals surface area contributed by atoms with Crippen LogP contribution in [-0.2, 0) is 0 Å². The Labute approximate surface area is 82.1 Å². The highest BCUT2D eigenvalue weighted by atomic mass is 16.4. The van der Waals surface area contributed by atoms with Gasteiger partial charge in [-0.25, -0.2) is 0 Å². The van der Waals surface area contributed by atoms with E-state index in [1.165, 1.54) is 6.26 Å². The van der Waals surface area contributed by atoms with Gasteiger partial charge >= 0.3 is 0 Å². The Bertz CT molecular complexity index is 413. The SMILES string of the molecule is O/C(=C\c1ccccc1)c1ccco1. The predicted molar refractivity (Wildman–Crippen MR) is 55.6 cm³/mol. The summed E-state index contributed by atoms with van der Waals surface area (Å²) in [5, 5.41) is 9.63. The third-order valence-corrected chi connectivity index (χ3v) is 1.88. The van der Waals surface area contributed by atoms with Crippen molar-refractivity contribution in [1.82, 2.24) is 0 Å². The zero-order chi connectivity index (χ0) is 9.80. The Morgan fingerprint density at radius 2 is 1.86 bits per heavy atom. The van der Waals surface area contributed by atoms with Crippen LogP contribution in [0.1, 0.15) is 11.3 Å². The van der Waals surface area contributed by atoms with Gasteiger partial charge in [0.1, 0.15) is 0 Å². The minimum Gasteiger partial charge on any atom is -0.504 e. The first-order valence-corrected chi connectivity index (χ1v) is 4.36. The molecule has 1 heterocycles. The summed E-state index contributed by atoms with van der Waals surface area (Å²) < 4.78 is 5.05. The van der Waals surface area contributed by atoms with Crippen molar-refractivity contribution in [2.75, 3.05) is 0 Å². The molecular formula is C12H10O2. The van der Waals surface area contributed by atoms with Crippen molar-refractivity contribution in [1.29, 1.82) is 0 Å². The summed E-state index contributed by atoms with van der Waals surface area (Å²) in [5.74, 6) is 0.620. The summed E-state index contributed by atoms with van der Waals surface area (Å²) in [4.78, 5) is 0. The first-order chi connectivity index (χ1) is 6.86. The molecule has 0 amide bonds. The Balaban J connectivity index is 2.28. The summed E-state index contributed by atoms with van der Waals surface area (Å²) in [6, 6.07) is 13.1. The molecule has 0 saturated carbocycles. The van der Waals surface area contributed by atoms with Crippen LogP contribution in [0.4, 0.5) is 0 Å². The van der Waals surface area contributed by atoms with E-state index in [2.05, 4.69) is 0 Å². The van der Waals surface area contributed by atoms with E-state index in [1.807, 2.05) is 30.3 Å². The Morgan fingerprint density at radius 1 is 1.07 bits per heavy atom. The molecular weight excluding hydrogens is 176 g/mol. The average Bonchev–Trinajstić information content (AvgIpc) is 2.72. The van der Waals surface area contributed by atoms with Gasteiger partial charge in [0.25, 0.3) is 0 Å². The van der Waals surface area contributed by atoms with E-state index in [-0.39, 0.29) is 5.76 Å². The standard InChI is InChI=1S/C12H10O2/c13-11(12-7-4-8-14-12)9-10-5-2-1-3-6-10/h1-9,13H/b11-9-. The van der Waals surface area contributed by atoms with Crippen LogP contribution in [0.3, 0.4) is 0 Å². The fraction of sp³-hybridized carbons (Fsp3) is 0. The molecule has 0 saturated heterocycles. The lowest BCUT2D eigenvalue weighted by atomic mass is 10.2. The summed E-state index contributed by atoms with van der Waals surface area (Å²) in [7, 11) is 0. The summed E-state index contributed by atoms with van der Waals surface area (Å²) in [6.45, 7) is 0. The van der Waals surface area contributed by atoms with Crippen LogP contribution in [0.25, 0.3) is 11.8 Å². The summed E-state index contributed by atoms with van der Waals surface area (Å²) >= 11 is 0. The number of hydrogen-bond donors (Lipinski definition) is 1. The van der Waals surface area contributed by atoms with Gasteiger partial charge in [0.2, 0.25) is 0 Å². The van der Waals surface area contributed by atoms with Crippen LogP contribution in [0, 0.1) is 0 Å². The van der Waals surface area contributed by atoms with Crippen molar-refractivity contribution >= 4 is 11.8 Å². The molecule has 2 heteroatoms. The van der Waals surface area contributed by atoms with E-state index in [9.17, 15) is 5.11 Å². The molecule has 1 aromatic carbocycles. The molecule has 70 valence electrons. The lowest BCUT2D eigenvalue weighted by Crippen LogP contribution is -1.78. The van der Waals surface area contributed by atoms with Crippen LogP contribution in [-0.4, -0.2) is 5.11 Å². The molecule has 2 rings (SSSR count). The van der Waals surface area contributed by atoms with Gasteiger partial charge in [-0.15, -0.1) is 0 Å². The molecule has 0 aliphatic carbocycles. The molecule has 1 N–H and O–H groups in total. The van der Waals surface area contributed by atoms with Crippen LogP contribution < -0.4 is 0 Å². The van der Waals surface area contributed by atoms with Crippen molar-refractivity contribution in [3.63, 3.8) is 0 Å². The molecule has 0 atom stereocenters. The maximum absolute atomic E-state index is 9.63. The fourth-order valence-electron chi connectivity index (χ4n) is 1.20. The van der Waals surface area contributed by atoms with Gasteiger partial charge in [-0.2, -0.15) is 0 Å². The molecule has 0 aliphatic heterocycles. The highest BCUT2D eigenvalue weighted by Gasteiger charge is 2.00. The predicted octanol–water partition coefficient (Wildman–Crippen LogP) is 3.34. The normalized spacial score (nSPS) is 11.6. The van der Waals surface area contributed by atoms with Gasteiger partial charge in [0.15, 0.2) is 11.5 Å². The lowest BCUT2D eigenvalue weighted by Gasteiger charge is -1.95. The monoisotopic (exact) mass is 186 g/mol. The molecule has 0 aliphatic rings. The maximum atomic E-state index is 9.63. The average molecular weight is 186 g/mol. The van der Waals surface area contributed by atoms with E-state index in [1.54, 1.807) is 18.2 Å². The molecule has 2 nitrogen and oxygen atoms in total. The van der Waals surface area contributed by atoms with Crippen LogP contribution in [0.15, 0.2) is 53.1 Å². The largest absolute Gasteiger partial charge is 0.504 e. The third kappa shape index (κ3) is 1.85. The molecule has 0 radical (unpaired) electrons. The third-order valence-electron chi connectivity index (χ3n) is 1.88. The first kappa shape index (κ1) is 8.63. The second-order valence-electron chi connectivity index (χ2n) is 2.92. The molecule has 0 spiro atoms. The number of hydrogen-bond acceptors (Lipinski definition) is 2. The quantitative estimate of drug-likeness (QED) is 0.730. The maximum Gasteiger partial charge on any atom is 0.168 e. The van der Waals surface area contributed by atoms with E-state index in [0.29, 0.717) is 5.76 Å². The molecule has 1 aromatic heterocycles. The number of aliphatic hydroxyl groups excluding tert-OH is 1. The van der Waals surface area contributed by atoms with Crippen molar-refractivity contribution in [2.24, 2.45) is 0 Å². The fourth-order valence-corrected chi connectivity index (χ4v) is 1.20. The second-order valence-corrected chi connectivity index (χ2v) is 2.92. The smallest absolute Gasteiger partial charge is 0.168 e. The number of rotatable bonds is 2. The molecule has 0 unspecified atom stereocenters. The zero-order valence-corrected chi connectivity index (χ0v) is 7.55. The Hall–Kier alpha value is -1.96. The Kier molecular flexibility index (Phi) is 2.36. The van der Waals surface area contributed by atoms with Crippen LogP contribution >= 0.6 is 0 Å². The summed E-state index contributed by atoms with van der Waals surface area (Å²) in [6.07, 6.45) is 3.20. The van der Waals surface area contributed by atoms with Gasteiger partial charge in [-0.05, 0) is 23.8 Å². The van der Waals surface area contributed by atoms with Crippen molar-refractivity contribution < 1.29 is 9.52 Å². The topological polar surface area (TPSA) is 33.4 Å². The van der Waals surface area contributed by atoms with E-state index < -0.39 is 0 Å². The van der Waals surface area contributed by atoms with Crippen molar-refractivity contribution in [2.45, 2.75) is 0 Å². The van der Waals surface area contributed by atoms with Gasteiger partial charge in [0.05, 0.1) is 6.26 Å². The molecule has 0 fully saturated rings.